The molecule has 3 aliphatic carbocycles. The van der Waals surface area contributed by atoms with Gasteiger partial charge in [-0.05, 0) is 18.1 Å². The fraction of sp³-hybridized carbons (Fsp3) is 0.632. The van der Waals surface area contributed by atoms with E-state index in [-0.39, 0.29) is 17.3 Å². The molecule has 122 valence electrons. The van der Waals surface area contributed by atoms with Gasteiger partial charge in [-0.1, -0.05) is 12.2 Å². The number of likely N-dealkylation sites (tertiary alicyclic amines) is 1. The number of carbonyl (C=O) groups is 1. The van der Waals surface area contributed by atoms with Crippen LogP contribution in [0, 0.1) is 23.2 Å². The Kier molecular flexibility index (Phi) is 2.47. The smallest absolute Gasteiger partial charge is 0.196 e. The van der Waals surface area contributed by atoms with Gasteiger partial charge in [0.1, 0.15) is 5.76 Å². The van der Waals surface area contributed by atoms with Crippen molar-refractivity contribution in [3.05, 3.63) is 35.8 Å². The Labute approximate surface area is 137 Å². The quantitative estimate of drug-likeness (QED) is 0.695. The Morgan fingerprint density at radius 1 is 1.30 bits per heavy atom. The summed E-state index contributed by atoms with van der Waals surface area (Å²) in [6.45, 7) is 1.12. The number of allylic oxidation sites excluding steroid dienone is 3. The molecule has 5 rings (SSSR count). The van der Waals surface area contributed by atoms with E-state index in [1.165, 1.54) is 0 Å². The third-order valence-corrected chi connectivity index (χ3v) is 7.27. The summed E-state index contributed by atoms with van der Waals surface area (Å²) < 4.78 is 12.9. The summed E-state index contributed by atoms with van der Waals surface area (Å²) >= 11 is 0. The largest absolute Gasteiger partial charge is 0.493 e. The molecule has 2 aliphatic heterocycles. The molecule has 1 saturated carbocycles. The van der Waals surface area contributed by atoms with Gasteiger partial charge in [0.05, 0.1) is 33.8 Å². The van der Waals surface area contributed by atoms with Crippen LogP contribution in [0.15, 0.2) is 35.8 Å². The first-order chi connectivity index (χ1) is 11.0. The summed E-state index contributed by atoms with van der Waals surface area (Å²) in [5, 5.41) is 0. The molecule has 1 spiro atoms. The van der Waals surface area contributed by atoms with Crippen molar-refractivity contribution in [1.29, 1.82) is 0 Å². The van der Waals surface area contributed by atoms with Gasteiger partial charge in [0, 0.05) is 30.1 Å². The highest BCUT2D eigenvalue weighted by Gasteiger charge is 2.72. The van der Waals surface area contributed by atoms with Crippen LogP contribution in [0.5, 0.6) is 0 Å². The first-order valence-electron chi connectivity index (χ1n) is 8.67. The number of ketones is 1. The van der Waals surface area contributed by atoms with Gasteiger partial charge in [0.25, 0.3) is 0 Å². The van der Waals surface area contributed by atoms with Crippen LogP contribution < -0.4 is 0 Å². The van der Waals surface area contributed by atoms with Crippen LogP contribution in [-0.2, 0) is 14.3 Å². The standard InChI is InChI=1S/C19H24NO3/c1-20(2)9-8-19-12-5-6-14(21)18(19)23-17-15(22-3)7-4-11(16(17)19)10-13(12)20/h4-7,11-13,16,18H,8-10H2,1-3H3/q+1/t11?,12-,13+,16?,18-,19-/m0/s1. The average Bonchev–Trinajstić information content (AvgIpc) is 2.88. The van der Waals surface area contributed by atoms with E-state index in [4.69, 9.17) is 9.47 Å². The van der Waals surface area contributed by atoms with Gasteiger partial charge < -0.3 is 14.0 Å². The fourth-order valence-electron chi connectivity index (χ4n) is 6.21. The molecule has 2 unspecified atom stereocenters. The Balaban J connectivity index is 1.75. The summed E-state index contributed by atoms with van der Waals surface area (Å²) in [5.41, 5.74) is -0.0585. The molecular weight excluding hydrogens is 290 g/mol. The van der Waals surface area contributed by atoms with Gasteiger partial charge in [0.2, 0.25) is 0 Å². The fourth-order valence-corrected chi connectivity index (χ4v) is 6.21. The molecule has 5 aliphatic rings. The molecule has 0 aromatic heterocycles. The Morgan fingerprint density at radius 3 is 2.91 bits per heavy atom. The van der Waals surface area contributed by atoms with E-state index in [0.29, 0.717) is 23.8 Å². The van der Waals surface area contributed by atoms with Crippen LogP contribution in [0.4, 0.5) is 0 Å². The van der Waals surface area contributed by atoms with E-state index in [9.17, 15) is 4.79 Å². The zero-order valence-corrected chi connectivity index (χ0v) is 14.0. The number of ether oxygens (including phenoxy) is 2. The predicted octanol–water partition coefficient (Wildman–Crippen LogP) is 2.04. The summed E-state index contributed by atoms with van der Waals surface area (Å²) in [7, 11) is 6.38. The van der Waals surface area contributed by atoms with Crippen LogP contribution in [0.3, 0.4) is 0 Å². The van der Waals surface area contributed by atoms with Gasteiger partial charge in [-0.2, -0.15) is 0 Å². The summed E-state index contributed by atoms with van der Waals surface area (Å²) in [4.78, 5) is 12.6. The number of rotatable bonds is 1. The van der Waals surface area contributed by atoms with Crippen LogP contribution in [-0.4, -0.2) is 50.2 Å². The van der Waals surface area contributed by atoms with E-state index in [1.807, 2.05) is 0 Å². The van der Waals surface area contributed by atoms with E-state index in [2.05, 4.69) is 32.3 Å². The number of quaternary nitrogens is 1. The number of carbonyl (C=O) groups excluding carboxylic acids is 1. The molecule has 6 atom stereocenters. The van der Waals surface area contributed by atoms with E-state index in [1.54, 1.807) is 13.2 Å². The lowest BCUT2D eigenvalue weighted by Gasteiger charge is -2.61. The minimum absolute atomic E-state index is 0.0585. The van der Waals surface area contributed by atoms with Crippen molar-refractivity contribution < 1.29 is 18.8 Å². The molecule has 2 heterocycles. The zero-order chi connectivity index (χ0) is 16.0. The number of methoxy groups -OCH3 is 1. The van der Waals surface area contributed by atoms with Crippen LogP contribution >= 0.6 is 0 Å². The van der Waals surface area contributed by atoms with Gasteiger partial charge >= 0.3 is 0 Å². The topological polar surface area (TPSA) is 35.5 Å². The van der Waals surface area contributed by atoms with Crippen molar-refractivity contribution in [3.8, 4) is 0 Å². The maximum atomic E-state index is 12.6. The Hall–Kier alpha value is -1.55. The molecule has 4 nitrogen and oxygen atoms in total. The highest BCUT2D eigenvalue weighted by molar-refractivity contribution is 5.96. The third-order valence-electron chi connectivity index (χ3n) is 7.27. The number of hydrogen-bond donors (Lipinski definition) is 0. The second kappa shape index (κ2) is 4.10. The van der Waals surface area contributed by atoms with Crippen LogP contribution in [0.25, 0.3) is 0 Å². The van der Waals surface area contributed by atoms with Gasteiger partial charge in [-0.3, -0.25) is 4.79 Å². The Morgan fingerprint density at radius 2 is 2.13 bits per heavy atom. The van der Waals surface area contributed by atoms with E-state index in [0.717, 1.165) is 35.4 Å². The molecule has 0 radical (unpaired) electrons. The monoisotopic (exact) mass is 314 g/mol. The lowest BCUT2D eigenvalue weighted by molar-refractivity contribution is -0.929. The van der Waals surface area contributed by atoms with Crippen molar-refractivity contribution in [2.45, 2.75) is 25.0 Å². The molecule has 0 aromatic rings. The molecule has 0 aromatic carbocycles. The minimum atomic E-state index is -0.312. The second-order valence-electron chi connectivity index (χ2n) is 8.39. The first-order valence-corrected chi connectivity index (χ1v) is 8.67. The summed E-state index contributed by atoms with van der Waals surface area (Å²) in [5.74, 6) is 3.11. The lowest BCUT2D eigenvalue weighted by Crippen LogP contribution is -2.69. The van der Waals surface area contributed by atoms with Crippen molar-refractivity contribution >= 4 is 5.78 Å². The van der Waals surface area contributed by atoms with Crippen LogP contribution in [0.1, 0.15) is 12.8 Å². The maximum Gasteiger partial charge on any atom is 0.196 e. The van der Waals surface area contributed by atoms with E-state index < -0.39 is 0 Å². The predicted molar refractivity (Wildman–Crippen MR) is 85.1 cm³/mol. The highest BCUT2D eigenvalue weighted by atomic mass is 16.5. The average molecular weight is 314 g/mol. The number of nitrogens with zero attached hydrogens (tertiary/aromatic N) is 1. The molecule has 23 heavy (non-hydrogen) atoms. The SMILES string of the molecule is COC1=C2O[C@H]3C(=O)C=C[C@H]4[C@H]5CC(C=C1)C2[C@@]34CC[N+]5(C)C. The van der Waals surface area contributed by atoms with Gasteiger partial charge in [-0.15, -0.1) is 0 Å². The second-order valence-corrected chi connectivity index (χ2v) is 8.39. The Bertz CT molecular complexity index is 689. The van der Waals surface area contributed by atoms with Crippen LogP contribution in [0.2, 0.25) is 0 Å². The third kappa shape index (κ3) is 1.44. The van der Waals surface area contributed by atoms with Crippen molar-refractivity contribution in [1.82, 2.24) is 0 Å². The van der Waals surface area contributed by atoms with Gasteiger partial charge in [0.15, 0.2) is 17.6 Å². The number of piperidine rings is 1. The van der Waals surface area contributed by atoms with Crippen molar-refractivity contribution in [3.63, 3.8) is 0 Å². The number of hydrogen-bond acceptors (Lipinski definition) is 3. The molecule has 3 fully saturated rings. The highest BCUT2D eigenvalue weighted by Crippen LogP contribution is 2.67. The van der Waals surface area contributed by atoms with Crippen molar-refractivity contribution in [2.75, 3.05) is 27.7 Å². The first kappa shape index (κ1) is 13.8. The summed E-state index contributed by atoms with van der Waals surface area (Å²) in [6, 6.07) is 0.563. The minimum Gasteiger partial charge on any atom is -0.493 e. The molecule has 0 amide bonds. The maximum absolute atomic E-state index is 12.6. The normalized spacial score (nSPS) is 48.1. The molecule has 2 saturated heterocycles. The van der Waals surface area contributed by atoms with Crippen molar-refractivity contribution in [2.24, 2.45) is 23.2 Å². The molecular formula is C19H24NO3+. The molecule has 2 bridgehead atoms. The summed E-state index contributed by atoms with van der Waals surface area (Å²) in [6.07, 6.45) is 10.2. The molecule has 4 heteroatoms. The molecule has 0 N–H and O–H groups in total. The zero-order valence-electron chi connectivity index (χ0n) is 14.0. The van der Waals surface area contributed by atoms with Gasteiger partial charge in [-0.25, -0.2) is 0 Å². The van der Waals surface area contributed by atoms with E-state index >= 15 is 0 Å². The lowest BCUT2D eigenvalue weighted by atomic mass is 9.47.